The van der Waals surface area contributed by atoms with Gasteiger partial charge >= 0.3 is 18.0 Å². The fraction of sp³-hybridized carbons (Fsp3) is 0.667. The summed E-state index contributed by atoms with van der Waals surface area (Å²) in [5, 5.41) is 19.3. The first-order valence-electron chi connectivity index (χ1n) is 31.7. The van der Waals surface area contributed by atoms with Gasteiger partial charge < -0.3 is 36.4 Å². The van der Waals surface area contributed by atoms with Gasteiger partial charge in [-0.25, -0.2) is 9.78 Å². The van der Waals surface area contributed by atoms with Crippen LogP contribution in [0.1, 0.15) is 198 Å². The number of esters is 1. The number of likely N-dealkylation sites (tertiary alicyclic amines) is 1. The van der Waals surface area contributed by atoms with Crippen LogP contribution < -0.4 is 21.7 Å². The number of nitrogens with one attached hydrogen (secondary N) is 3. The number of aromatic nitrogens is 1. The number of unbranched alkanes of at least 4 members (excludes halogenated alkanes) is 2. The number of benzene rings is 1. The highest BCUT2D eigenvalue weighted by atomic mass is 32.1. The first-order valence-corrected chi connectivity index (χ1v) is 32.6. The van der Waals surface area contributed by atoms with Gasteiger partial charge in [-0.15, -0.1) is 11.3 Å². The number of piperidine rings is 1. The number of Topliss-reactive ketones (excluding diaryl/α,β-unsaturated/α-hetero) is 3. The van der Waals surface area contributed by atoms with Crippen LogP contribution in [0.15, 0.2) is 41.8 Å². The van der Waals surface area contributed by atoms with E-state index in [2.05, 4.69) is 53.5 Å². The minimum atomic E-state index is -0.828. The van der Waals surface area contributed by atoms with Gasteiger partial charge in [0.25, 0.3) is 17.7 Å². The smallest absolute Gasteiger partial charge is 0.312 e. The van der Waals surface area contributed by atoms with E-state index in [9.17, 15) is 57.8 Å². The zero-order valence-corrected chi connectivity index (χ0v) is 55.2. The SMILES string of the molecule is CC(C[C@@H](C)Cc1ccc(CC(=O)[C@H](CCCNC(N)=O)NC(=O)[C@@H](CC(=O)CCCCCN2C(=O)C=CC2=O)C(C)C)cc1)C(=O)O.CCCN(C(=O)[C@@H](CC(=O)[C@H]1CCCCN1C)[C@@H](C)CC)[C@H](C[C@@H](OC(C)=O)c1nc(C(=O)NC)cs1)C(C)C. The average Bonchev–Trinajstić information content (AvgIpc) is 3.05. The maximum Gasteiger partial charge on any atom is 0.312 e. The van der Waals surface area contributed by atoms with Crippen LogP contribution in [0, 0.1) is 41.4 Å². The van der Waals surface area contributed by atoms with Crippen molar-refractivity contribution in [1.82, 2.24) is 35.6 Å². The molecule has 1 fully saturated rings. The lowest BCUT2D eigenvalue weighted by Crippen LogP contribution is -2.50. The third-order valence-corrected chi connectivity index (χ3v) is 17.8. The molecule has 21 nitrogen and oxygen atoms in total. The third-order valence-electron chi connectivity index (χ3n) is 16.8. The molecule has 3 heterocycles. The number of thiazole rings is 1. The first-order chi connectivity index (χ1) is 41.6. The number of hydrogen-bond donors (Lipinski definition) is 5. The number of carbonyl (C=O) groups excluding carboxylic acids is 10. The van der Waals surface area contributed by atoms with Gasteiger partial charge in [0.15, 0.2) is 17.7 Å². The highest BCUT2D eigenvalue weighted by molar-refractivity contribution is 7.09. The van der Waals surface area contributed by atoms with E-state index in [0.29, 0.717) is 63.0 Å². The van der Waals surface area contributed by atoms with Crippen LogP contribution in [-0.4, -0.2) is 148 Å². The van der Waals surface area contributed by atoms with Crippen LogP contribution in [0.25, 0.3) is 0 Å². The molecule has 0 spiro atoms. The minimum absolute atomic E-state index is 0.00604. The summed E-state index contributed by atoms with van der Waals surface area (Å²) in [7, 11) is 3.54. The Morgan fingerprint density at radius 1 is 0.852 bits per heavy atom. The lowest BCUT2D eigenvalue weighted by atomic mass is 9.82. The molecule has 0 aliphatic carbocycles. The highest BCUT2D eigenvalue weighted by Gasteiger charge is 2.39. The Morgan fingerprint density at radius 3 is 2.08 bits per heavy atom. The van der Waals surface area contributed by atoms with Gasteiger partial charge in [0.2, 0.25) is 11.8 Å². The summed E-state index contributed by atoms with van der Waals surface area (Å²) in [4.78, 5) is 147. The number of primary amides is 1. The molecule has 88 heavy (non-hydrogen) atoms. The molecule has 2 aliphatic rings. The summed E-state index contributed by atoms with van der Waals surface area (Å²) in [5.41, 5.74) is 7.25. The number of urea groups is 1. The standard InChI is InChI=1S/C36H52N4O8.C30H50N4O5S/c1-23(2)29(22-28(41)9-6-5-7-18-40-32(43)15-16-33(40)44)34(45)39-30(10-8-17-38-36(37)48)31(42)21-27-13-11-26(12-14-27)20-24(3)19-25(4)35(46)47;1-9-14-34(30(38)22(20(5)10-2)16-26(36)24-13-11-12-15-33(24)8)25(19(3)4)17-27(39-21(6)35)29-32-23(18-40-29)28(37)31-7/h11-16,23-25,29-30H,5-10,17-22H2,1-4H3,(H,39,45)(H,46,47)(H3,37,38,48);18-20,22,24-25,27H,9-17H2,1-8H3,(H,31,37)/t24-,25?,29+,30+;20-,22-,24+,25+,27+/m10/s1. The van der Waals surface area contributed by atoms with E-state index < -0.39 is 47.9 Å². The predicted molar refractivity (Wildman–Crippen MR) is 339 cm³/mol. The molecule has 1 aromatic carbocycles. The van der Waals surface area contributed by atoms with Gasteiger partial charge in [-0.2, -0.15) is 0 Å². The zero-order chi connectivity index (χ0) is 65.8. The van der Waals surface area contributed by atoms with E-state index >= 15 is 0 Å². The largest absolute Gasteiger partial charge is 0.481 e. The maximum absolute atomic E-state index is 14.3. The molecule has 6 N–H and O–H groups in total. The summed E-state index contributed by atoms with van der Waals surface area (Å²) in [6.45, 7) is 21.1. The lowest BCUT2D eigenvalue weighted by molar-refractivity contribution is -0.150. The van der Waals surface area contributed by atoms with Crippen LogP contribution in [0.3, 0.4) is 0 Å². The Kier molecular flexibility index (Phi) is 33.2. The van der Waals surface area contributed by atoms with E-state index in [1.807, 2.05) is 63.9 Å². The van der Waals surface area contributed by atoms with E-state index in [0.717, 1.165) is 49.8 Å². The molecular weight excluding hydrogens is 1140 g/mol. The van der Waals surface area contributed by atoms with Crippen LogP contribution >= 0.6 is 11.3 Å². The first kappa shape index (κ1) is 75.6. The van der Waals surface area contributed by atoms with Gasteiger partial charge in [-0.1, -0.05) is 106 Å². The number of ether oxygens (including phenoxy) is 1. The number of nitrogens with two attached hydrogens (primary N) is 1. The molecule has 2 aliphatic heterocycles. The number of carbonyl (C=O) groups is 11. The number of hydrogen-bond acceptors (Lipinski definition) is 15. The molecule has 490 valence electrons. The zero-order valence-electron chi connectivity index (χ0n) is 54.4. The van der Waals surface area contributed by atoms with Crippen LogP contribution in [0.4, 0.5) is 4.79 Å². The maximum atomic E-state index is 14.3. The van der Waals surface area contributed by atoms with E-state index in [1.54, 1.807) is 19.4 Å². The molecule has 1 aromatic heterocycles. The molecule has 1 unspecified atom stereocenters. The van der Waals surface area contributed by atoms with Crippen molar-refractivity contribution in [3.05, 3.63) is 63.6 Å². The van der Waals surface area contributed by atoms with Crippen molar-refractivity contribution in [2.24, 2.45) is 47.2 Å². The highest BCUT2D eigenvalue weighted by Crippen LogP contribution is 2.34. The quantitative estimate of drug-likeness (QED) is 0.0239. The van der Waals surface area contributed by atoms with Gasteiger partial charge in [-0.3, -0.25) is 57.7 Å². The number of rotatable bonds is 38. The van der Waals surface area contributed by atoms with Crippen molar-refractivity contribution in [3.63, 3.8) is 0 Å². The number of aliphatic carboxylic acids is 1. The fourth-order valence-electron chi connectivity index (χ4n) is 11.4. The summed E-state index contributed by atoms with van der Waals surface area (Å²) < 4.78 is 5.72. The van der Waals surface area contributed by atoms with Crippen LogP contribution in [-0.2, 0) is 60.7 Å². The van der Waals surface area contributed by atoms with Crippen LogP contribution in [0.5, 0.6) is 0 Å². The average molecular weight is 1250 g/mol. The van der Waals surface area contributed by atoms with E-state index in [-0.39, 0.29) is 127 Å². The van der Waals surface area contributed by atoms with E-state index in [1.165, 1.54) is 35.3 Å². The Morgan fingerprint density at radius 2 is 1.51 bits per heavy atom. The van der Waals surface area contributed by atoms with Gasteiger partial charge in [-0.05, 0) is 106 Å². The van der Waals surface area contributed by atoms with Gasteiger partial charge in [0, 0.05) is 101 Å². The molecule has 2 aromatic rings. The number of carboxylic acid groups (broad SMARTS) is 1. The Bertz CT molecular complexity index is 2660. The molecule has 7 amide bonds. The van der Waals surface area contributed by atoms with Crippen molar-refractivity contribution in [3.8, 4) is 0 Å². The number of imide groups is 1. The number of ketones is 3. The van der Waals surface area contributed by atoms with Gasteiger partial charge in [0.05, 0.1) is 18.0 Å². The number of carboxylic acids is 1. The fourth-order valence-corrected chi connectivity index (χ4v) is 12.2. The Labute approximate surface area is 525 Å². The second-order valence-corrected chi connectivity index (χ2v) is 25.7. The molecule has 9 atom stereocenters. The molecular formula is C66H102N8O13S. The Hall–Kier alpha value is -6.68. The third kappa shape index (κ3) is 25.4. The van der Waals surface area contributed by atoms with Crippen molar-refractivity contribution in [2.45, 2.75) is 203 Å². The molecule has 4 rings (SSSR count). The summed E-state index contributed by atoms with van der Waals surface area (Å²) >= 11 is 1.27. The van der Waals surface area contributed by atoms with E-state index in [4.69, 9.17) is 10.5 Å². The van der Waals surface area contributed by atoms with Crippen molar-refractivity contribution in [1.29, 1.82) is 0 Å². The normalized spacial score (nSPS) is 16.9. The van der Waals surface area contributed by atoms with Gasteiger partial charge in [0.1, 0.15) is 16.5 Å². The lowest BCUT2D eigenvalue weighted by Gasteiger charge is -2.39. The summed E-state index contributed by atoms with van der Waals surface area (Å²) in [6, 6.07) is 5.71. The van der Waals surface area contributed by atoms with Crippen LogP contribution in [0.2, 0.25) is 0 Å². The monoisotopic (exact) mass is 1250 g/mol. The summed E-state index contributed by atoms with van der Waals surface area (Å²) in [5.74, 6) is -4.06. The van der Waals surface area contributed by atoms with Crippen molar-refractivity contribution >= 4 is 76.2 Å². The Balaban J connectivity index is 0.000000468. The topological polar surface area (TPSA) is 302 Å². The second kappa shape index (κ2) is 38.7. The second-order valence-electron chi connectivity index (χ2n) is 24.8. The predicted octanol–water partition coefficient (Wildman–Crippen LogP) is 8.60. The van der Waals surface area contributed by atoms with Crippen molar-refractivity contribution in [2.75, 3.05) is 40.3 Å². The van der Waals surface area contributed by atoms with Crippen molar-refractivity contribution < 1.29 is 62.6 Å². The molecule has 1 saturated heterocycles. The minimum Gasteiger partial charge on any atom is -0.481 e. The molecule has 0 saturated carbocycles. The number of amides is 7. The number of nitrogens with zero attached hydrogens (tertiary/aromatic N) is 4. The molecule has 0 bridgehead atoms. The molecule has 22 heteroatoms. The summed E-state index contributed by atoms with van der Waals surface area (Å²) in [6.07, 6.45) is 11.1. The molecule has 0 radical (unpaired) electrons. The number of likely N-dealkylation sites (N-methyl/N-ethyl adjacent to an activating group) is 1.